The van der Waals surface area contributed by atoms with Gasteiger partial charge in [-0.15, -0.1) is 0 Å². The van der Waals surface area contributed by atoms with E-state index in [0.717, 1.165) is 53.5 Å². The van der Waals surface area contributed by atoms with Crippen LogP contribution in [-0.2, 0) is 14.3 Å². The number of Topliss-reactive ketones (excluding diaryl/α,β-unsaturated/α-hetero) is 1. The predicted octanol–water partition coefficient (Wildman–Crippen LogP) is 6.14. The number of halogens is 1. The van der Waals surface area contributed by atoms with Crippen LogP contribution in [0.5, 0.6) is 0 Å². The fourth-order valence-corrected chi connectivity index (χ4v) is 5.65. The van der Waals surface area contributed by atoms with Gasteiger partial charge in [0.1, 0.15) is 12.0 Å². The number of hydrogen-bond donors (Lipinski definition) is 0. The highest BCUT2D eigenvalue weighted by Crippen LogP contribution is 2.48. The minimum absolute atomic E-state index is 0.0152. The maximum absolute atomic E-state index is 13.4. The van der Waals surface area contributed by atoms with Crippen LogP contribution in [0.4, 0.5) is 0 Å². The molecule has 2 atom stereocenters. The van der Waals surface area contributed by atoms with Gasteiger partial charge in [-0.25, -0.2) is 0 Å². The van der Waals surface area contributed by atoms with E-state index >= 15 is 0 Å². The van der Waals surface area contributed by atoms with Gasteiger partial charge in [0, 0.05) is 33.8 Å². The van der Waals surface area contributed by atoms with E-state index in [0.29, 0.717) is 12.0 Å². The molecule has 1 aromatic carbocycles. The Morgan fingerprint density at radius 2 is 1.90 bits per heavy atom. The third-order valence-corrected chi connectivity index (χ3v) is 7.09. The van der Waals surface area contributed by atoms with Crippen molar-refractivity contribution in [1.82, 2.24) is 0 Å². The Hall–Kier alpha value is -1.75. The number of benzene rings is 1. The second kappa shape index (κ2) is 8.41. The zero-order valence-electron chi connectivity index (χ0n) is 18.0. The van der Waals surface area contributed by atoms with Gasteiger partial charge in [-0.05, 0) is 62.1 Å². The Bertz CT molecular complexity index is 924. The summed E-state index contributed by atoms with van der Waals surface area (Å²) in [5.74, 6) is -1.02. The van der Waals surface area contributed by atoms with Crippen LogP contribution in [-0.4, -0.2) is 23.6 Å². The molecule has 4 nitrogen and oxygen atoms in total. The number of ether oxygens (including phenoxy) is 1. The van der Waals surface area contributed by atoms with E-state index in [4.69, 9.17) is 9.73 Å². The summed E-state index contributed by atoms with van der Waals surface area (Å²) in [5, 5.41) is 0. The molecule has 2 aliphatic carbocycles. The first-order chi connectivity index (χ1) is 14.2. The Labute approximate surface area is 187 Å². The normalized spacial score (nSPS) is 26.8. The largest absolute Gasteiger partial charge is 0.462 e. The molecule has 1 aliphatic heterocycles. The summed E-state index contributed by atoms with van der Waals surface area (Å²) in [6, 6.07) is 7.94. The number of rotatable bonds is 3. The second-order valence-corrected chi connectivity index (χ2v) is 10.7. The lowest BCUT2D eigenvalue weighted by Gasteiger charge is -2.39. The van der Waals surface area contributed by atoms with Crippen LogP contribution in [0.2, 0.25) is 0 Å². The van der Waals surface area contributed by atoms with Gasteiger partial charge in [-0.1, -0.05) is 48.3 Å². The number of nitrogens with zero attached hydrogens (tertiary/aromatic N) is 1. The average molecular weight is 472 g/mol. The van der Waals surface area contributed by atoms with Crippen molar-refractivity contribution in [3.8, 4) is 0 Å². The summed E-state index contributed by atoms with van der Waals surface area (Å²) in [6.07, 6.45) is 6.49. The molecule has 0 saturated heterocycles. The van der Waals surface area contributed by atoms with Gasteiger partial charge in [0.05, 0.1) is 0 Å². The summed E-state index contributed by atoms with van der Waals surface area (Å²) in [7, 11) is 0. The molecule has 0 N–H and O–H groups in total. The summed E-state index contributed by atoms with van der Waals surface area (Å²) < 4.78 is 6.91. The molecule has 4 rings (SSSR count). The lowest BCUT2D eigenvalue weighted by molar-refractivity contribution is -0.153. The molecule has 0 aromatic heterocycles. The monoisotopic (exact) mass is 471 g/mol. The molecule has 3 aliphatic rings. The summed E-state index contributed by atoms with van der Waals surface area (Å²) in [5.41, 5.74) is 3.16. The average Bonchev–Trinajstić information content (AvgIpc) is 2.66. The lowest BCUT2D eigenvalue weighted by atomic mass is 9.67. The van der Waals surface area contributed by atoms with E-state index in [-0.39, 0.29) is 29.2 Å². The molecule has 0 bridgehead atoms. The molecule has 1 fully saturated rings. The quantitative estimate of drug-likeness (QED) is 0.497. The zero-order valence-corrected chi connectivity index (χ0v) is 19.6. The maximum Gasteiger partial charge on any atom is 0.315 e. The van der Waals surface area contributed by atoms with Crippen LogP contribution >= 0.6 is 15.9 Å². The number of carbonyl (C=O) groups is 2. The SMILES string of the molecule is CC1=NC2=C(C(=O)CC(C)(C)C2)[C@H](c2cccc(Br)c2)C1C(=O)OC1CCCCC1. The van der Waals surface area contributed by atoms with Gasteiger partial charge in [-0.3, -0.25) is 14.6 Å². The van der Waals surface area contributed by atoms with Gasteiger partial charge < -0.3 is 4.74 Å². The highest BCUT2D eigenvalue weighted by Gasteiger charge is 2.46. The lowest BCUT2D eigenvalue weighted by Crippen LogP contribution is -2.40. The van der Waals surface area contributed by atoms with Crippen molar-refractivity contribution in [3.05, 3.63) is 45.6 Å². The molecule has 1 saturated carbocycles. The number of hydrogen-bond acceptors (Lipinski definition) is 4. The van der Waals surface area contributed by atoms with Gasteiger partial charge >= 0.3 is 5.97 Å². The summed E-state index contributed by atoms with van der Waals surface area (Å²) >= 11 is 3.55. The number of carbonyl (C=O) groups excluding carboxylic acids is 2. The van der Waals surface area contributed by atoms with Crippen molar-refractivity contribution < 1.29 is 14.3 Å². The van der Waals surface area contributed by atoms with E-state index in [9.17, 15) is 9.59 Å². The fraction of sp³-hybridized carbons (Fsp3) is 0.560. The number of aliphatic imine (C=N–C) groups is 1. The molecular formula is C25H30BrNO3. The number of ketones is 1. The summed E-state index contributed by atoms with van der Waals surface area (Å²) in [6.45, 7) is 6.13. The Morgan fingerprint density at radius 3 is 2.60 bits per heavy atom. The van der Waals surface area contributed by atoms with E-state index in [1.807, 2.05) is 31.2 Å². The molecule has 30 heavy (non-hydrogen) atoms. The van der Waals surface area contributed by atoms with E-state index < -0.39 is 5.92 Å². The number of esters is 1. The van der Waals surface area contributed by atoms with Crippen LogP contribution in [0.1, 0.15) is 77.2 Å². The van der Waals surface area contributed by atoms with E-state index in [2.05, 4.69) is 29.8 Å². The van der Waals surface area contributed by atoms with Gasteiger partial charge in [0.15, 0.2) is 5.78 Å². The molecule has 0 radical (unpaired) electrons. The van der Waals surface area contributed by atoms with Crippen molar-refractivity contribution in [2.45, 2.75) is 77.7 Å². The fourth-order valence-electron chi connectivity index (χ4n) is 5.23. The predicted molar refractivity (Wildman–Crippen MR) is 121 cm³/mol. The highest BCUT2D eigenvalue weighted by atomic mass is 79.9. The Balaban J connectivity index is 1.75. The molecule has 5 heteroatoms. The Kier molecular flexibility index (Phi) is 6.02. The molecule has 1 unspecified atom stereocenters. The number of allylic oxidation sites excluding steroid dienone is 2. The molecule has 0 amide bonds. The zero-order chi connectivity index (χ0) is 21.5. The molecule has 1 heterocycles. The molecular weight excluding hydrogens is 442 g/mol. The highest BCUT2D eigenvalue weighted by molar-refractivity contribution is 9.10. The minimum Gasteiger partial charge on any atom is -0.462 e. The van der Waals surface area contributed by atoms with Crippen LogP contribution in [0.25, 0.3) is 0 Å². The maximum atomic E-state index is 13.4. The minimum atomic E-state index is -0.551. The molecule has 0 spiro atoms. The first-order valence-electron chi connectivity index (χ1n) is 11.0. The van der Waals surface area contributed by atoms with Crippen LogP contribution in [0.15, 0.2) is 45.0 Å². The molecule has 1 aromatic rings. The van der Waals surface area contributed by atoms with Crippen molar-refractivity contribution >= 4 is 33.4 Å². The second-order valence-electron chi connectivity index (χ2n) is 9.76. The van der Waals surface area contributed by atoms with E-state index in [1.54, 1.807) is 0 Å². The first kappa shape index (κ1) is 21.5. The first-order valence-corrected chi connectivity index (χ1v) is 11.8. The van der Waals surface area contributed by atoms with Crippen molar-refractivity contribution in [3.63, 3.8) is 0 Å². The standard InChI is InChI=1S/C25H30BrNO3/c1-15-21(24(29)30-18-10-5-4-6-11-18)22(16-8-7-9-17(26)12-16)23-19(27-15)13-25(2,3)14-20(23)28/h7-9,12,18,21-22H,4-6,10-11,13-14H2,1-3H3/t21?,22-/m1/s1. The Morgan fingerprint density at radius 1 is 1.17 bits per heavy atom. The van der Waals surface area contributed by atoms with Crippen molar-refractivity contribution in [2.75, 3.05) is 0 Å². The van der Waals surface area contributed by atoms with Crippen molar-refractivity contribution in [1.29, 1.82) is 0 Å². The third-order valence-electron chi connectivity index (χ3n) is 6.60. The van der Waals surface area contributed by atoms with E-state index in [1.165, 1.54) is 6.42 Å². The van der Waals surface area contributed by atoms with Crippen LogP contribution < -0.4 is 0 Å². The van der Waals surface area contributed by atoms with Crippen LogP contribution in [0.3, 0.4) is 0 Å². The van der Waals surface area contributed by atoms with Gasteiger partial charge in [-0.2, -0.15) is 0 Å². The van der Waals surface area contributed by atoms with Gasteiger partial charge in [0.2, 0.25) is 0 Å². The van der Waals surface area contributed by atoms with Crippen LogP contribution in [0, 0.1) is 11.3 Å². The topological polar surface area (TPSA) is 55.7 Å². The molecule has 160 valence electrons. The van der Waals surface area contributed by atoms with Crippen molar-refractivity contribution in [2.24, 2.45) is 16.3 Å². The third kappa shape index (κ3) is 4.32. The summed E-state index contributed by atoms with van der Waals surface area (Å²) in [4.78, 5) is 31.5. The smallest absolute Gasteiger partial charge is 0.315 e. The van der Waals surface area contributed by atoms with Gasteiger partial charge in [0.25, 0.3) is 0 Å².